The van der Waals surface area contributed by atoms with E-state index in [0.717, 1.165) is 43.4 Å². The molecule has 2 aliphatic rings. The van der Waals surface area contributed by atoms with Gasteiger partial charge >= 0.3 is 0 Å². The van der Waals surface area contributed by atoms with Gasteiger partial charge < -0.3 is 20.6 Å². The molecular formula is C25H33F2N5O3S. The van der Waals surface area contributed by atoms with Crippen LogP contribution in [0, 0.1) is 5.92 Å². The van der Waals surface area contributed by atoms with Crippen molar-refractivity contribution < 1.29 is 23.5 Å². The first-order chi connectivity index (χ1) is 17.0. The molecule has 2 aromatic heterocycles. The van der Waals surface area contributed by atoms with E-state index in [0.29, 0.717) is 24.8 Å². The number of amides is 2. The number of aromatic nitrogens is 2. The second kappa shape index (κ2) is 10.8. The topological polar surface area (TPSA) is 107 Å². The molecule has 4 rings (SSSR count). The summed E-state index contributed by atoms with van der Waals surface area (Å²) >= 11 is 0.884. The van der Waals surface area contributed by atoms with Crippen LogP contribution < -0.4 is 10.6 Å². The third-order valence-electron chi connectivity index (χ3n) is 6.45. The highest BCUT2D eigenvalue weighted by atomic mass is 32.1. The molecule has 1 saturated heterocycles. The summed E-state index contributed by atoms with van der Waals surface area (Å²) in [6, 6.07) is 1.29. The molecular weight excluding hydrogens is 488 g/mol. The van der Waals surface area contributed by atoms with E-state index in [-0.39, 0.29) is 45.2 Å². The maximum Gasteiger partial charge on any atom is 0.280 e. The molecule has 36 heavy (non-hydrogen) atoms. The van der Waals surface area contributed by atoms with Crippen molar-refractivity contribution in [3.63, 3.8) is 0 Å². The summed E-state index contributed by atoms with van der Waals surface area (Å²) in [4.78, 5) is 36.9. The SMILES string of the molecule is CC1CCCCN1C(=O)c1nc(C(=O)NCC(C)(C)O)sc1-c1cnc(NCC2CC2)cc1C(F)F. The second-order valence-electron chi connectivity index (χ2n) is 10.3. The van der Waals surface area contributed by atoms with Gasteiger partial charge in [-0.3, -0.25) is 9.59 Å². The summed E-state index contributed by atoms with van der Waals surface area (Å²) in [6.45, 7) is 6.24. The quantitative estimate of drug-likeness (QED) is 0.449. The van der Waals surface area contributed by atoms with Gasteiger partial charge in [-0.05, 0) is 64.9 Å². The molecule has 8 nitrogen and oxygen atoms in total. The van der Waals surface area contributed by atoms with Gasteiger partial charge in [0.1, 0.15) is 11.5 Å². The van der Waals surface area contributed by atoms with Crippen molar-refractivity contribution in [1.82, 2.24) is 20.2 Å². The van der Waals surface area contributed by atoms with Crippen LogP contribution in [0.15, 0.2) is 12.3 Å². The normalized spacial score (nSPS) is 18.4. The molecule has 2 aromatic rings. The Hall–Kier alpha value is -2.66. The first kappa shape index (κ1) is 26.4. The molecule has 3 heterocycles. The molecule has 0 spiro atoms. The Labute approximate surface area is 213 Å². The molecule has 1 aliphatic heterocycles. The van der Waals surface area contributed by atoms with Crippen LogP contribution in [0.4, 0.5) is 14.6 Å². The fourth-order valence-electron chi connectivity index (χ4n) is 4.16. The molecule has 1 saturated carbocycles. The number of thiazole rings is 1. The third-order valence-corrected chi connectivity index (χ3v) is 7.54. The van der Waals surface area contributed by atoms with Crippen LogP contribution in [0.5, 0.6) is 0 Å². The lowest BCUT2D eigenvalue weighted by molar-refractivity contribution is 0.0630. The summed E-state index contributed by atoms with van der Waals surface area (Å²) < 4.78 is 28.4. The van der Waals surface area contributed by atoms with Crippen LogP contribution in [-0.2, 0) is 0 Å². The van der Waals surface area contributed by atoms with Gasteiger partial charge in [-0.2, -0.15) is 0 Å². The van der Waals surface area contributed by atoms with E-state index < -0.39 is 17.9 Å². The Kier molecular flexibility index (Phi) is 7.89. The lowest BCUT2D eigenvalue weighted by Crippen LogP contribution is -2.42. The molecule has 0 aromatic carbocycles. The van der Waals surface area contributed by atoms with E-state index in [1.54, 1.807) is 18.7 Å². The number of alkyl halides is 2. The highest BCUT2D eigenvalue weighted by Crippen LogP contribution is 2.39. The summed E-state index contributed by atoms with van der Waals surface area (Å²) in [7, 11) is 0. The van der Waals surface area contributed by atoms with Crippen LogP contribution >= 0.6 is 11.3 Å². The number of halogens is 2. The minimum Gasteiger partial charge on any atom is -0.389 e. The molecule has 0 radical (unpaired) electrons. The lowest BCUT2D eigenvalue weighted by Gasteiger charge is -2.33. The van der Waals surface area contributed by atoms with Gasteiger partial charge in [0.25, 0.3) is 18.2 Å². The lowest BCUT2D eigenvalue weighted by atomic mass is 10.0. The first-order valence-electron chi connectivity index (χ1n) is 12.4. The van der Waals surface area contributed by atoms with E-state index in [1.165, 1.54) is 12.3 Å². The molecule has 2 fully saturated rings. The Morgan fingerprint density at radius 3 is 2.67 bits per heavy atom. The van der Waals surface area contributed by atoms with Crippen LogP contribution in [0.2, 0.25) is 0 Å². The molecule has 1 unspecified atom stereocenters. The number of hydrogen-bond acceptors (Lipinski definition) is 7. The second-order valence-corrected chi connectivity index (χ2v) is 11.3. The maximum absolute atomic E-state index is 14.2. The standard InChI is InChI=1S/C25H33F2N5O3S/c1-14-6-4-5-9-32(14)24(34)19-20(36-23(31-19)22(33)30-13-25(2,3)35)17-12-29-18(10-16(17)21(26)27)28-11-15-7-8-15/h10,12,14-15,21,35H,4-9,11,13H2,1-3H3,(H,28,29)(H,30,33). The zero-order valence-corrected chi connectivity index (χ0v) is 21.6. The Bertz CT molecular complexity index is 1110. The van der Waals surface area contributed by atoms with Gasteiger partial charge in [0.2, 0.25) is 0 Å². The zero-order chi connectivity index (χ0) is 26.0. The van der Waals surface area contributed by atoms with Gasteiger partial charge in [-0.25, -0.2) is 18.7 Å². The van der Waals surface area contributed by atoms with E-state index >= 15 is 0 Å². The number of carbonyl (C=O) groups excluding carboxylic acids is 2. The summed E-state index contributed by atoms with van der Waals surface area (Å²) in [5, 5.41) is 15.6. The monoisotopic (exact) mass is 521 g/mol. The zero-order valence-electron chi connectivity index (χ0n) is 20.8. The summed E-state index contributed by atoms with van der Waals surface area (Å²) in [5.41, 5.74) is -1.34. The fourth-order valence-corrected chi connectivity index (χ4v) is 5.17. The number of nitrogens with one attached hydrogen (secondary N) is 2. The molecule has 1 atom stereocenters. The molecule has 11 heteroatoms. The number of piperidine rings is 1. The van der Waals surface area contributed by atoms with Gasteiger partial charge in [0, 0.05) is 43.0 Å². The molecule has 1 aliphatic carbocycles. The van der Waals surface area contributed by atoms with E-state index in [2.05, 4.69) is 20.6 Å². The first-order valence-corrected chi connectivity index (χ1v) is 13.2. The number of carbonyl (C=O) groups is 2. The minimum absolute atomic E-state index is 0.0186. The number of likely N-dealkylation sites (tertiary alicyclic amines) is 1. The van der Waals surface area contributed by atoms with Crippen LogP contribution in [0.1, 0.15) is 85.2 Å². The maximum atomic E-state index is 14.2. The predicted molar refractivity (Wildman–Crippen MR) is 134 cm³/mol. The van der Waals surface area contributed by atoms with Crippen molar-refractivity contribution in [3.8, 4) is 10.4 Å². The average Bonchev–Trinajstić information content (AvgIpc) is 3.56. The van der Waals surface area contributed by atoms with Crippen molar-refractivity contribution in [1.29, 1.82) is 0 Å². The minimum atomic E-state index is -2.81. The van der Waals surface area contributed by atoms with Crippen LogP contribution in [-0.4, -0.2) is 63.1 Å². The highest BCUT2D eigenvalue weighted by molar-refractivity contribution is 7.17. The number of rotatable bonds is 9. The van der Waals surface area contributed by atoms with Gasteiger partial charge in [-0.1, -0.05) is 0 Å². The molecule has 2 amide bonds. The van der Waals surface area contributed by atoms with Gasteiger partial charge in [0.15, 0.2) is 5.01 Å². The van der Waals surface area contributed by atoms with Crippen molar-refractivity contribution >= 4 is 29.0 Å². The van der Waals surface area contributed by atoms with E-state index in [9.17, 15) is 23.5 Å². The van der Waals surface area contributed by atoms with Crippen molar-refractivity contribution in [2.75, 3.05) is 25.0 Å². The highest BCUT2D eigenvalue weighted by Gasteiger charge is 2.32. The summed E-state index contributed by atoms with van der Waals surface area (Å²) in [5.74, 6) is -0.0654. The van der Waals surface area contributed by atoms with E-state index in [1.807, 2.05) is 6.92 Å². The fraction of sp³-hybridized carbons (Fsp3) is 0.600. The Balaban J connectivity index is 1.72. The van der Waals surface area contributed by atoms with Gasteiger partial charge in [0.05, 0.1) is 10.5 Å². The van der Waals surface area contributed by atoms with Gasteiger partial charge in [-0.15, -0.1) is 11.3 Å². The number of anilines is 1. The van der Waals surface area contributed by atoms with E-state index in [4.69, 9.17) is 0 Å². The molecule has 196 valence electrons. The number of nitrogens with zero attached hydrogens (tertiary/aromatic N) is 3. The summed E-state index contributed by atoms with van der Waals surface area (Å²) in [6.07, 6.45) is 3.46. The molecule has 3 N–H and O–H groups in total. The smallest absolute Gasteiger partial charge is 0.280 e. The molecule has 0 bridgehead atoms. The largest absolute Gasteiger partial charge is 0.389 e. The Morgan fingerprint density at radius 2 is 2.03 bits per heavy atom. The number of pyridine rings is 1. The van der Waals surface area contributed by atoms with Crippen molar-refractivity contribution in [2.24, 2.45) is 5.92 Å². The van der Waals surface area contributed by atoms with Crippen molar-refractivity contribution in [2.45, 2.75) is 70.9 Å². The van der Waals surface area contributed by atoms with Crippen LogP contribution in [0.25, 0.3) is 10.4 Å². The Morgan fingerprint density at radius 1 is 1.28 bits per heavy atom. The third kappa shape index (κ3) is 6.36. The number of aliphatic hydroxyl groups is 1. The predicted octanol–water partition coefficient (Wildman–Crippen LogP) is 4.48. The number of hydrogen-bond donors (Lipinski definition) is 3. The van der Waals surface area contributed by atoms with Crippen LogP contribution in [0.3, 0.4) is 0 Å². The van der Waals surface area contributed by atoms with Crippen molar-refractivity contribution in [3.05, 3.63) is 28.5 Å². The average molecular weight is 522 g/mol.